The van der Waals surface area contributed by atoms with Crippen LogP contribution in [0.5, 0.6) is 5.75 Å². The number of hydrogen-bond acceptors (Lipinski definition) is 3. The summed E-state index contributed by atoms with van der Waals surface area (Å²) in [5, 5.41) is 3.41. The predicted octanol–water partition coefficient (Wildman–Crippen LogP) is 3.59. The second kappa shape index (κ2) is 9.78. The van der Waals surface area contributed by atoms with Crippen LogP contribution in [-0.4, -0.2) is 32.4 Å². The third kappa shape index (κ3) is 6.40. The molecule has 1 aromatic rings. The van der Waals surface area contributed by atoms with Gasteiger partial charge in [-0.15, -0.1) is 0 Å². The molecule has 1 atom stereocenters. The number of hydrogen-bond donors (Lipinski definition) is 1. The Morgan fingerprint density at radius 3 is 2.60 bits per heavy atom. The summed E-state index contributed by atoms with van der Waals surface area (Å²) in [7, 11) is 0. The maximum absolute atomic E-state index is 6.04. The number of para-hydroxylation sites is 1. The third-order valence-corrected chi connectivity index (χ3v) is 3.15. The van der Waals surface area contributed by atoms with Gasteiger partial charge in [-0.2, -0.15) is 0 Å². The van der Waals surface area contributed by atoms with Gasteiger partial charge in [-0.05, 0) is 44.4 Å². The van der Waals surface area contributed by atoms with Gasteiger partial charge < -0.3 is 14.8 Å². The Morgan fingerprint density at radius 2 is 1.90 bits per heavy atom. The van der Waals surface area contributed by atoms with E-state index < -0.39 is 0 Å². The van der Waals surface area contributed by atoms with Crippen molar-refractivity contribution in [3.05, 3.63) is 29.8 Å². The Bertz CT molecular complexity index is 366. The van der Waals surface area contributed by atoms with Crippen LogP contribution in [0.1, 0.15) is 45.6 Å². The maximum atomic E-state index is 6.04. The van der Waals surface area contributed by atoms with Crippen molar-refractivity contribution >= 4 is 0 Å². The highest BCUT2D eigenvalue weighted by Gasteiger charge is 2.10. The van der Waals surface area contributed by atoms with E-state index in [1.807, 2.05) is 13.0 Å². The number of ether oxygens (including phenoxy) is 2. The molecular formula is C17H29NO2. The minimum atomic E-state index is 0.169. The Labute approximate surface area is 123 Å². The normalized spacial score (nSPS) is 12.7. The van der Waals surface area contributed by atoms with E-state index in [1.54, 1.807) is 0 Å². The smallest absolute Gasteiger partial charge is 0.123 e. The highest BCUT2D eigenvalue weighted by atomic mass is 16.5. The lowest BCUT2D eigenvalue weighted by Gasteiger charge is -2.19. The lowest BCUT2D eigenvalue weighted by atomic mass is 10.0. The molecule has 0 amide bonds. The number of benzene rings is 1. The molecule has 0 saturated heterocycles. The molecule has 1 N–H and O–H groups in total. The molecule has 0 fully saturated rings. The van der Waals surface area contributed by atoms with Crippen LogP contribution in [-0.2, 0) is 4.74 Å². The molecule has 114 valence electrons. The number of nitrogens with one attached hydrogen (secondary N) is 1. The third-order valence-electron chi connectivity index (χ3n) is 3.15. The van der Waals surface area contributed by atoms with Gasteiger partial charge in [0.05, 0.1) is 0 Å². The first-order valence-corrected chi connectivity index (χ1v) is 7.69. The van der Waals surface area contributed by atoms with Gasteiger partial charge in [0.25, 0.3) is 0 Å². The quantitative estimate of drug-likeness (QED) is 0.664. The van der Waals surface area contributed by atoms with Crippen LogP contribution in [0.25, 0.3) is 0 Å². The van der Waals surface area contributed by atoms with Gasteiger partial charge in [0.15, 0.2) is 0 Å². The largest absolute Gasteiger partial charge is 0.489 e. The van der Waals surface area contributed by atoms with Gasteiger partial charge in [-0.1, -0.05) is 32.0 Å². The van der Waals surface area contributed by atoms with Gasteiger partial charge in [0.2, 0.25) is 0 Å². The van der Waals surface area contributed by atoms with E-state index in [2.05, 4.69) is 44.3 Å². The van der Waals surface area contributed by atoms with Crippen LogP contribution >= 0.6 is 0 Å². The second-order valence-electron chi connectivity index (χ2n) is 5.38. The average molecular weight is 279 g/mol. The zero-order valence-corrected chi connectivity index (χ0v) is 13.3. The molecule has 0 spiro atoms. The van der Waals surface area contributed by atoms with Crippen molar-refractivity contribution in [3.8, 4) is 5.75 Å². The first-order chi connectivity index (χ1) is 9.65. The van der Waals surface area contributed by atoms with Crippen LogP contribution in [0, 0.1) is 0 Å². The Balaban J connectivity index is 2.30. The molecule has 0 heterocycles. The highest BCUT2D eigenvalue weighted by Crippen LogP contribution is 2.26. The van der Waals surface area contributed by atoms with E-state index in [-0.39, 0.29) is 6.10 Å². The van der Waals surface area contributed by atoms with E-state index in [4.69, 9.17) is 9.47 Å². The van der Waals surface area contributed by atoms with Crippen molar-refractivity contribution in [1.29, 1.82) is 0 Å². The van der Waals surface area contributed by atoms with Crippen molar-refractivity contribution < 1.29 is 9.47 Å². The van der Waals surface area contributed by atoms with Gasteiger partial charge in [-0.3, -0.25) is 0 Å². The molecule has 3 nitrogen and oxygen atoms in total. The Morgan fingerprint density at radius 1 is 1.15 bits per heavy atom. The zero-order chi connectivity index (χ0) is 14.8. The molecule has 20 heavy (non-hydrogen) atoms. The van der Waals surface area contributed by atoms with Crippen LogP contribution in [0.15, 0.2) is 24.3 Å². The summed E-state index contributed by atoms with van der Waals surface area (Å²) >= 11 is 0. The lowest BCUT2D eigenvalue weighted by Crippen LogP contribution is -2.30. The van der Waals surface area contributed by atoms with Crippen molar-refractivity contribution in [3.63, 3.8) is 0 Å². The summed E-state index contributed by atoms with van der Waals surface area (Å²) < 4.78 is 11.3. The van der Waals surface area contributed by atoms with Gasteiger partial charge in [-0.25, -0.2) is 0 Å². The minimum Gasteiger partial charge on any atom is -0.489 e. The molecule has 3 heteroatoms. The van der Waals surface area contributed by atoms with Gasteiger partial charge >= 0.3 is 0 Å². The Kier molecular flexibility index (Phi) is 8.31. The van der Waals surface area contributed by atoms with Crippen molar-refractivity contribution in [2.75, 3.05) is 26.3 Å². The monoisotopic (exact) mass is 279 g/mol. The van der Waals surface area contributed by atoms with Gasteiger partial charge in [0, 0.05) is 19.8 Å². The van der Waals surface area contributed by atoms with E-state index >= 15 is 0 Å². The van der Waals surface area contributed by atoms with Crippen molar-refractivity contribution in [1.82, 2.24) is 5.32 Å². The maximum Gasteiger partial charge on any atom is 0.123 e. The minimum absolute atomic E-state index is 0.169. The average Bonchev–Trinajstić information content (AvgIpc) is 2.43. The fraction of sp³-hybridized carbons (Fsp3) is 0.647. The molecule has 1 rings (SSSR count). The summed E-state index contributed by atoms with van der Waals surface area (Å²) in [6.45, 7) is 12.0. The molecule has 0 aliphatic rings. The summed E-state index contributed by atoms with van der Waals surface area (Å²) in [5.41, 5.74) is 1.27. The van der Waals surface area contributed by atoms with Crippen LogP contribution in [0.2, 0.25) is 0 Å². The molecule has 0 bridgehead atoms. The standard InChI is InChI=1S/C17H29NO2/c1-5-19-12-8-11-18-13-15(4)20-17-10-7-6-9-16(17)14(2)3/h6-7,9-10,14-15,18H,5,8,11-13H2,1-4H3. The first-order valence-electron chi connectivity index (χ1n) is 7.69. The fourth-order valence-electron chi connectivity index (χ4n) is 2.07. The molecule has 0 saturated carbocycles. The zero-order valence-electron chi connectivity index (χ0n) is 13.3. The Hall–Kier alpha value is -1.06. The fourth-order valence-corrected chi connectivity index (χ4v) is 2.07. The van der Waals surface area contributed by atoms with Crippen molar-refractivity contribution in [2.24, 2.45) is 0 Å². The summed E-state index contributed by atoms with van der Waals surface area (Å²) in [6.07, 6.45) is 1.21. The topological polar surface area (TPSA) is 30.5 Å². The SMILES string of the molecule is CCOCCCNCC(C)Oc1ccccc1C(C)C. The molecule has 0 aliphatic heterocycles. The molecule has 0 aromatic heterocycles. The molecule has 1 unspecified atom stereocenters. The van der Waals surface area contributed by atoms with E-state index in [0.717, 1.165) is 38.5 Å². The number of rotatable bonds is 10. The summed E-state index contributed by atoms with van der Waals surface area (Å²) in [4.78, 5) is 0. The highest BCUT2D eigenvalue weighted by molar-refractivity contribution is 5.35. The second-order valence-corrected chi connectivity index (χ2v) is 5.38. The van der Waals surface area contributed by atoms with E-state index in [0.29, 0.717) is 5.92 Å². The summed E-state index contributed by atoms with van der Waals surface area (Å²) in [6, 6.07) is 8.30. The molecule has 0 radical (unpaired) electrons. The molecule has 1 aromatic carbocycles. The van der Waals surface area contributed by atoms with Crippen LogP contribution < -0.4 is 10.1 Å². The van der Waals surface area contributed by atoms with E-state index in [1.165, 1.54) is 5.56 Å². The van der Waals surface area contributed by atoms with Crippen LogP contribution in [0.4, 0.5) is 0 Å². The first kappa shape index (κ1) is 17.0. The molecule has 0 aliphatic carbocycles. The molecular weight excluding hydrogens is 250 g/mol. The van der Waals surface area contributed by atoms with Crippen LogP contribution in [0.3, 0.4) is 0 Å². The van der Waals surface area contributed by atoms with Crippen molar-refractivity contribution in [2.45, 2.75) is 46.1 Å². The van der Waals surface area contributed by atoms with E-state index in [9.17, 15) is 0 Å². The predicted molar refractivity (Wildman–Crippen MR) is 84.6 cm³/mol. The van der Waals surface area contributed by atoms with Gasteiger partial charge in [0.1, 0.15) is 11.9 Å². The summed E-state index contributed by atoms with van der Waals surface area (Å²) in [5.74, 6) is 1.49. The lowest BCUT2D eigenvalue weighted by molar-refractivity contribution is 0.143.